The Balaban J connectivity index is 1.97. The maximum atomic E-state index is 13.6. The lowest BCUT2D eigenvalue weighted by molar-refractivity contribution is -0.143. The van der Waals surface area contributed by atoms with Crippen molar-refractivity contribution in [3.05, 3.63) is 35.8 Å². The molecule has 0 aliphatic carbocycles. The second-order valence-electron chi connectivity index (χ2n) is 5.33. The summed E-state index contributed by atoms with van der Waals surface area (Å²) in [5, 5.41) is 11.1. The maximum Gasteiger partial charge on any atom is 0.170 e. The van der Waals surface area contributed by atoms with Crippen molar-refractivity contribution in [3.8, 4) is 0 Å². The summed E-state index contributed by atoms with van der Waals surface area (Å²) in [6, 6.07) is 6.43. The first kappa shape index (κ1) is 12.6. The number of ether oxygens (including phenoxy) is 1. The smallest absolute Gasteiger partial charge is 0.170 e. The predicted molar refractivity (Wildman–Crippen MR) is 69.3 cm³/mol. The van der Waals surface area contributed by atoms with E-state index in [1.807, 2.05) is 6.92 Å². The highest BCUT2D eigenvalue weighted by atomic mass is 19.1. The lowest BCUT2D eigenvalue weighted by Crippen LogP contribution is -2.39. The Morgan fingerprint density at radius 1 is 1.37 bits per heavy atom. The maximum absolute atomic E-state index is 13.6. The molecule has 0 spiro atoms. The van der Waals surface area contributed by atoms with E-state index in [1.165, 1.54) is 6.07 Å². The number of furan rings is 1. The summed E-state index contributed by atoms with van der Waals surface area (Å²) in [5.74, 6) is -0.0461. The van der Waals surface area contributed by atoms with E-state index >= 15 is 0 Å². The molecule has 1 aliphatic heterocycles. The van der Waals surface area contributed by atoms with Crippen LogP contribution in [0.15, 0.2) is 28.7 Å². The Bertz CT molecular complexity index is 584. The molecule has 19 heavy (non-hydrogen) atoms. The zero-order valence-corrected chi connectivity index (χ0v) is 10.9. The van der Waals surface area contributed by atoms with Gasteiger partial charge in [0.1, 0.15) is 11.9 Å². The van der Waals surface area contributed by atoms with Gasteiger partial charge in [-0.1, -0.05) is 12.1 Å². The number of halogens is 1. The molecule has 2 heterocycles. The molecule has 2 unspecified atom stereocenters. The van der Waals surface area contributed by atoms with E-state index in [4.69, 9.17) is 9.15 Å². The summed E-state index contributed by atoms with van der Waals surface area (Å²) >= 11 is 0. The van der Waals surface area contributed by atoms with E-state index in [1.54, 1.807) is 18.2 Å². The SMILES string of the molecule is CC1(C(O)c2cc3cccc(F)c3o2)CCCCO1. The quantitative estimate of drug-likeness (QED) is 0.901. The van der Waals surface area contributed by atoms with Crippen LogP contribution in [0.3, 0.4) is 0 Å². The zero-order valence-electron chi connectivity index (χ0n) is 10.9. The highest BCUT2D eigenvalue weighted by Gasteiger charge is 2.38. The van der Waals surface area contributed by atoms with Gasteiger partial charge in [-0.25, -0.2) is 4.39 Å². The van der Waals surface area contributed by atoms with E-state index in [0.717, 1.165) is 19.3 Å². The Morgan fingerprint density at radius 3 is 2.89 bits per heavy atom. The first-order chi connectivity index (χ1) is 9.10. The van der Waals surface area contributed by atoms with Gasteiger partial charge in [-0.05, 0) is 38.3 Å². The van der Waals surface area contributed by atoms with Gasteiger partial charge in [-0.15, -0.1) is 0 Å². The molecule has 0 amide bonds. The summed E-state index contributed by atoms with van der Waals surface area (Å²) in [5.41, 5.74) is -0.459. The summed E-state index contributed by atoms with van der Waals surface area (Å²) in [7, 11) is 0. The molecule has 1 aromatic heterocycles. The number of aliphatic hydroxyl groups is 1. The van der Waals surface area contributed by atoms with Crippen molar-refractivity contribution in [1.29, 1.82) is 0 Å². The molecule has 0 radical (unpaired) electrons. The number of rotatable bonds is 2. The van der Waals surface area contributed by atoms with Crippen molar-refractivity contribution in [1.82, 2.24) is 0 Å². The van der Waals surface area contributed by atoms with Crippen LogP contribution in [0, 0.1) is 5.82 Å². The minimum atomic E-state index is -0.875. The second-order valence-corrected chi connectivity index (χ2v) is 5.33. The van der Waals surface area contributed by atoms with Gasteiger partial charge in [-0.3, -0.25) is 0 Å². The summed E-state index contributed by atoms with van der Waals surface area (Å²) < 4.78 is 24.8. The fraction of sp³-hybridized carbons (Fsp3) is 0.467. The number of benzene rings is 1. The van der Waals surface area contributed by atoms with E-state index in [2.05, 4.69) is 0 Å². The van der Waals surface area contributed by atoms with Crippen LogP contribution in [-0.2, 0) is 4.74 Å². The normalized spacial score (nSPS) is 25.6. The third kappa shape index (κ3) is 2.15. The van der Waals surface area contributed by atoms with Crippen molar-refractivity contribution >= 4 is 11.0 Å². The summed E-state index contributed by atoms with van der Waals surface area (Å²) in [6.07, 6.45) is 1.92. The fourth-order valence-corrected chi connectivity index (χ4v) is 2.65. The Hall–Kier alpha value is -1.39. The molecule has 1 fully saturated rings. The number of fused-ring (bicyclic) bond motifs is 1. The fourth-order valence-electron chi connectivity index (χ4n) is 2.65. The first-order valence-corrected chi connectivity index (χ1v) is 6.60. The third-order valence-electron chi connectivity index (χ3n) is 3.86. The predicted octanol–water partition coefficient (Wildman–Crippen LogP) is 3.56. The topological polar surface area (TPSA) is 42.6 Å². The molecule has 102 valence electrons. The van der Waals surface area contributed by atoms with Gasteiger partial charge in [0.15, 0.2) is 11.4 Å². The second kappa shape index (κ2) is 4.62. The molecule has 1 aromatic carbocycles. The minimum absolute atomic E-state index is 0.191. The Morgan fingerprint density at radius 2 is 2.21 bits per heavy atom. The molecule has 1 N–H and O–H groups in total. The molecule has 3 nitrogen and oxygen atoms in total. The molecule has 1 aliphatic rings. The number of hydrogen-bond acceptors (Lipinski definition) is 3. The third-order valence-corrected chi connectivity index (χ3v) is 3.86. The van der Waals surface area contributed by atoms with Crippen molar-refractivity contribution in [2.75, 3.05) is 6.61 Å². The number of aliphatic hydroxyl groups excluding tert-OH is 1. The Labute approximate surface area is 111 Å². The van der Waals surface area contributed by atoms with Crippen molar-refractivity contribution < 1.29 is 18.7 Å². The summed E-state index contributed by atoms with van der Waals surface area (Å²) in [6.45, 7) is 2.52. The van der Waals surface area contributed by atoms with Gasteiger partial charge < -0.3 is 14.3 Å². The molecule has 0 bridgehead atoms. The van der Waals surface area contributed by atoms with Gasteiger partial charge >= 0.3 is 0 Å². The van der Waals surface area contributed by atoms with Gasteiger partial charge in [0.05, 0.1) is 5.60 Å². The van der Waals surface area contributed by atoms with E-state index in [9.17, 15) is 9.50 Å². The molecular weight excluding hydrogens is 247 g/mol. The van der Waals surface area contributed by atoms with Gasteiger partial charge in [0.25, 0.3) is 0 Å². The summed E-state index contributed by atoms with van der Waals surface area (Å²) in [4.78, 5) is 0. The zero-order chi connectivity index (χ0) is 13.5. The average molecular weight is 264 g/mol. The van der Waals surface area contributed by atoms with E-state index in [0.29, 0.717) is 17.8 Å². The largest absolute Gasteiger partial charge is 0.455 e. The average Bonchev–Trinajstić information content (AvgIpc) is 2.84. The van der Waals surface area contributed by atoms with Crippen LogP contribution in [0.25, 0.3) is 11.0 Å². The van der Waals surface area contributed by atoms with Crippen LogP contribution in [0.5, 0.6) is 0 Å². The van der Waals surface area contributed by atoms with Gasteiger partial charge in [0.2, 0.25) is 0 Å². The number of para-hydroxylation sites is 1. The van der Waals surface area contributed by atoms with Gasteiger partial charge in [-0.2, -0.15) is 0 Å². The van der Waals surface area contributed by atoms with Gasteiger partial charge in [0, 0.05) is 12.0 Å². The first-order valence-electron chi connectivity index (χ1n) is 6.60. The lowest BCUT2D eigenvalue weighted by Gasteiger charge is -2.36. The van der Waals surface area contributed by atoms with Crippen molar-refractivity contribution in [3.63, 3.8) is 0 Å². The van der Waals surface area contributed by atoms with E-state index in [-0.39, 0.29) is 5.58 Å². The van der Waals surface area contributed by atoms with Crippen molar-refractivity contribution in [2.24, 2.45) is 0 Å². The molecule has 1 saturated heterocycles. The van der Waals surface area contributed by atoms with Crippen LogP contribution in [0.4, 0.5) is 4.39 Å². The van der Waals surface area contributed by atoms with Crippen LogP contribution in [0.1, 0.15) is 38.1 Å². The number of hydrogen-bond donors (Lipinski definition) is 1. The standard InChI is InChI=1S/C15H17FO3/c1-15(7-2-3-8-18-15)14(17)12-9-10-5-4-6-11(16)13(10)19-12/h4-6,9,14,17H,2-3,7-8H2,1H3. The Kier molecular flexibility index (Phi) is 3.07. The highest BCUT2D eigenvalue weighted by Crippen LogP contribution is 2.38. The van der Waals surface area contributed by atoms with Crippen LogP contribution in [0.2, 0.25) is 0 Å². The molecule has 2 aromatic rings. The highest BCUT2D eigenvalue weighted by molar-refractivity contribution is 5.78. The monoisotopic (exact) mass is 264 g/mol. The molecule has 4 heteroatoms. The lowest BCUT2D eigenvalue weighted by atomic mass is 9.89. The molecule has 2 atom stereocenters. The van der Waals surface area contributed by atoms with E-state index < -0.39 is 17.5 Å². The molecule has 0 saturated carbocycles. The molecular formula is C15H17FO3. The van der Waals surface area contributed by atoms with Crippen LogP contribution in [-0.4, -0.2) is 17.3 Å². The molecule has 3 rings (SSSR count). The van der Waals surface area contributed by atoms with Crippen LogP contribution < -0.4 is 0 Å². The van der Waals surface area contributed by atoms with Crippen molar-refractivity contribution in [2.45, 2.75) is 37.9 Å². The van der Waals surface area contributed by atoms with Crippen LogP contribution >= 0.6 is 0 Å². The minimum Gasteiger partial charge on any atom is -0.455 e.